The van der Waals surface area contributed by atoms with Crippen LogP contribution in [0.3, 0.4) is 0 Å². The van der Waals surface area contributed by atoms with E-state index in [0.717, 1.165) is 13.1 Å². The highest BCUT2D eigenvalue weighted by Gasteiger charge is 2.20. The lowest BCUT2D eigenvalue weighted by atomic mass is 10.2. The van der Waals surface area contributed by atoms with E-state index in [0.29, 0.717) is 0 Å². The summed E-state index contributed by atoms with van der Waals surface area (Å²) in [6.45, 7) is 9.27. The van der Waals surface area contributed by atoms with Gasteiger partial charge in [0.05, 0.1) is 13.1 Å². The highest BCUT2D eigenvalue weighted by atomic mass is 16.5. The maximum atomic E-state index is 11.6. The van der Waals surface area contributed by atoms with E-state index in [9.17, 15) is 9.59 Å². The summed E-state index contributed by atoms with van der Waals surface area (Å²) in [6.07, 6.45) is -1.09. The highest BCUT2D eigenvalue weighted by Crippen LogP contribution is 2.00. The summed E-state index contributed by atoms with van der Waals surface area (Å²) < 4.78 is 5.39. The standard InChI is InChI=1S/C12H24N2O3/c1-5-13-7-11(15)9(3)17-10(4)12(16)8-14-6-2/h9-10,13-14H,5-8H2,1-4H3. The predicted molar refractivity (Wildman–Crippen MR) is 67.1 cm³/mol. The van der Waals surface area contributed by atoms with Crippen LogP contribution < -0.4 is 10.6 Å². The van der Waals surface area contributed by atoms with Crippen LogP contribution in [0.4, 0.5) is 0 Å². The Kier molecular flexibility index (Phi) is 8.85. The van der Waals surface area contributed by atoms with Crippen molar-refractivity contribution in [3.8, 4) is 0 Å². The van der Waals surface area contributed by atoms with Gasteiger partial charge in [0.1, 0.15) is 12.2 Å². The van der Waals surface area contributed by atoms with Gasteiger partial charge in [0.2, 0.25) is 0 Å². The molecular weight excluding hydrogens is 220 g/mol. The number of carbonyl (C=O) groups excluding carboxylic acids is 2. The number of nitrogens with one attached hydrogen (secondary N) is 2. The van der Waals surface area contributed by atoms with Crippen LogP contribution >= 0.6 is 0 Å². The third-order valence-corrected chi connectivity index (χ3v) is 2.41. The van der Waals surface area contributed by atoms with Crippen molar-refractivity contribution >= 4 is 11.6 Å². The summed E-state index contributed by atoms with van der Waals surface area (Å²) in [7, 11) is 0. The fourth-order valence-corrected chi connectivity index (χ4v) is 1.24. The van der Waals surface area contributed by atoms with Gasteiger partial charge in [0.25, 0.3) is 0 Å². The Morgan fingerprint density at radius 2 is 1.29 bits per heavy atom. The van der Waals surface area contributed by atoms with Crippen molar-refractivity contribution in [2.45, 2.75) is 39.9 Å². The largest absolute Gasteiger partial charge is 0.360 e. The number of ether oxygens (including phenoxy) is 1. The van der Waals surface area contributed by atoms with Crippen molar-refractivity contribution in [1.82, 2.24) is 10.6 Å². The molecule has 0 spiro atoms. The summed E-state index contributed by atoms with van der Waals surface area (Å²) in [4.78, 5) is 23.1. The molecule has 0 saturated heterocycles. The number of hydrogen-bond acceptors (Lipinski definition) is 5. The molecule has 5 nitrogen and oxygen atoms in total. The first-order valence-corrected chi connectivity index (χ1v) is 6.15. The smallest absolute Gasteiger partial charge is 0.174 e. The zero-order chi connectivity index (χ0) is 13.3. The fraction of sp³-hybridized carbons (Fsp3) is 0.833. The summed E-state index contributed by atoms with van der Waals surface area (Å²) in [5, 5.41) is 5.88. The lowest BCUT2D eigenvalue weighted by Gasteiger charge is -2.17. The molecule has 0 aliphatic carbocycles. The molecule has 0 aromatic rings. The molecule has 100 valence electrons. The van der Waals surface area contributed by atoms with Gasteiger partial charge in [-0.3, -0.25) is 9.59 Å². The summed E-state index contributed by atoms with van der Waals surface area (Å²) in [5.41, 5.74) is 0. The third kappa shape index (κ3) is 7.20. The second kappa shape index (κ2) is 9.27. The van der Waals surface area contributed by atoms with Crippen LogP contribution in [0.5, 0.6) is 0 Å². The minimum absolute atomic E-state index is 0.0325. The van der Waals surface area contributed by atoms with Gasteiger partial charge < -0.3 is 15.4 Å². The number of carbonyl (C=O) groups is 2. The molecule has 0 bridgehead atoms. The van der Waals surface area contributed by atoms with Crippen LogP contribution in [0.2, 0.25) is 0 Å². The van der Waals surface area contributed by atoms with Gasteiger partial charge in [-0.05, 0) is 26.9 Å². The lowest BCUT2D eigenvalue weighted by molar-refractivity contribution is -0.140. The monoisotopic (exact) mass is 244 g/mol. The van der Waals surface area contributed by atoms with E-state index < -0.39 is 12.2 Å². The van der Waals surface area contributed by atoms with Crippen molar-refractivity contribution in [1.29, 1.82) is 0 Å². The molecule has 0 amide bonds. The predicted octanol–water partition coefficient (Wildman–Crippen LogP) is 0.137. The number of hydrogen-bond donors (Lipinski definition) is 2. The number of ketones is 2. The van der Waals surface area contributed by atoms with Crippen molar-refractivity contribution in [3.05, 3.63) is 0 Å². The van der Waals surface area contributed by atoms with Crippen molar-refractivity contribution < 1.29 is 14.3 Å². The van der Waals surface area contributed by atoms with Gasteiger partial charge in [-0.25, -0.2) is 0 Å². The maximum Gasteiger partial charge on any atom is 0.174 e. The first-order chi connectivity index (χ1) is 8.02. The van der Waals surface area contributed by atoms with Gasteiger partial charge in [0, 0.05) is 0 Å². The van der Waals surface area contributed by atoms with E-state index in [2.05, 4.69) is 10.6 Å². The molecule has 0 saturated carbocycles. The second-order valence-corrected chi connectivity index (χ2v) is 3.91. The molecule has 0 aliphatic rings. The molecule has 5 heteroatoms. The molecule has 0 aromatic heterocycles. The van der Waals surface area contributed by atoms with Crippen molar-refractivity contribution in [2.75, 3.05) is 26.2 Å². The van der Waals surface area contributed by atoms with E-state index in [4.69, 9.17) is 4.74 Å². The molecule has 0 heterocycles. The van der Waals surface area contributed by atoms with Crippen LogP contribution in [0.15, 0.2) is 0 Å². The number of rotatable bonds is 10. The van der Waals surface area contributed by atoms with E-state index in [1.807, 2.05) is 13.8 Å². The maximum absolute atomic E-state index is 11.6. The Morgan fingerprint density at radius 3 is 1.59 bits per heavy atom. The lowest BCUT2D eigenvalue weighted by Crippen LogP contribution is -2.38. The Labute approximate surface area is 103 Å². The van der Waals surface area contributed by atoms with Crippen LogP contribution in [-0.4, -0.2) is 50.0 Å². The van der Waals surface area contributed by atoms with Gasteiger partial charge in [-0.15, -0.1) is 0 Å². The average molecular weight is 244 g/mol. The van der Waals surface area contributed by atoms with E-state index in [-0.39, 0.29) is 24.7 Å². The van der Waals surface area contributed by atoms with Crippen molar-refractivity contribution in [3.63, 3.8) is 0 Å². The third-order valence-electron chi connectivity index (χ3n) is 2.41. The fourth-order valence-electron chi connectivity index (χ4n) is 1.24. The molecule has 0 aliphatic heterocycles. The van der Waals surface area contributed by atoms with E-state index >= 15 is 0 Å². The Balaban J connectivity index is 3.96. The molecule has 2 atom stereocenters. The van der Waals surface area contributed by atoms with E-state index in [1.54, 1.807) is 13.8 Å². The molecule has 0 aromatic carbocycles. The topological polar surface area (TPSA) is 67.4 Å². The molecular formula is C12H24N2O3. The first kappa shape index (κ1) is 16.2. The molecule has 2 N–H and O–H groups in total. The molecule has 17 heavy (non-hydrogen) atoms. The van der Waals surface area contributed by atoms with E-state index in [1.165, 1.54) is 0 Å². The van der Waals surface area contributed by atoms with Crippen LogP contribution in [0.1, 0.15) is 27.7 Å². The first-order valence-electron chi connectivity index (χ1n) is 6.15. The Bertz CT molecular complexity index is 220. The SMILES string of the molecule is CCNCC(=O)C(C)OC(C)C(=O)CNCC. The minimum atomic E-state index is -0.547. The summed E-state index contributed by atoms with van der Waals surface area (Å²) >= 11 is 0. The highest BCUT2D eigenvalue weighted by molar-refractivity contribution is 5.87. The molecule has 0 rings (SSSR count). The Hall–Kier alpha value is -0.780. The van der Waals surface area contributed by atoms with Gasteiger partial charge in [-0.2, -0.15) is 0 Å². The van der Waals surface area contributed by atoms with Gasteiger partial charge in [-0.1, -0.05) is 13.8 Å². The van der Waals surface area contributed by atoms with Crippen LogP contribution in [0, 0.1) is 0 Å². The van der Waals surface area contributed by atoms with Gasteiger partial charge >= 0.3 is 0 Å². The molecule has 2 unspecified atom stereocenters. The zero-order valence-electron chi connectivity index (χ0n) is 11.2. The quantitative estimate of drug-likeness (QED) is 0.572. The van der Waals surface area contributed by atoms with Gasteiger partial charge in [0.15, 0.2) is 11.6 Å². The normalized spacial score (nSPS) is 14.4. The molecule has 0 radical (unpaired) electrons. The minimum Gasteiger partial charge on any atom is -0.360 e. The van der Waals surface area contributed by atoms with Crippen molar-refractivity contribution in [2.24, 2.45) is 0 Å². The Morgan fingerprint density at radius 1 is 0.941 bits per heavy atom. The second-order valence-electron chi connectivity index (χ2n) is 3.91. The van der Waals surface area contributed by atoms with Crippen LogP contribution in [0.25, 0.3) is 0 Å². The summed E-state index contributed by atoms with van der Waals surface area (Å²) in [6, 6.07) is 0. The van der Waals surface area contributed by atoms with Crippen LogP contribution in [-0.2, 0) is 14.3 Å². The average Bonchev–Trinajstić information content (AvgIpc) is 2.32. The number of likely N-dealkylation sites (N-methyl/N-ethyl adjacent to an activating group) is 2. The summed E-state index contributed by atoms with van der Waals surface area (Å²) in [5.74, 6) is -0.0649. The number of Topliss-reactive ketones (excluding diaryl/α,β-unsaturated/α-hetero) is 2. The zero-order valence-corrected chi connectivity index (χ0v) is 11.2. The molecule has 0 fully saturated rings.